The third-order valence-corrected chi connectivity index (χ3v) is 3.76. The third kappa shape index (κ3) is 1.62. The molecule has 1 aliphatic carbocycles. The van der Waals surface area contributed by atoms with Crippen LogP contribution in [0.2, 0.25) is 0 Å². The molecule has 0 radical (unpaired) electrons. The van der Waals surface area contributed by atoms with Crippen molar-refractivity contribution in [3.8, 4) is 0 Å². The number of aliphatic hydroxyl groups excluding tert-OH is 1. The minimum absolute atomic E-state index is 0.0619. The van der Waals surface area contributed by atoms with Gasteiger partial charge in [-0.1, -0.05) is 6.42 Å². The van der Waals surface area contributed by atoms with Gasteiger partial charge in [-0.15, -0.1) is 0 Å². The molecule has 0 aromatic carbocycles. The molecule has 0 bridgehead atoms. The molecule has 76 valence electrons. The van der Waals surface area contributed by atoms with Gasteiger partial charge in [-0.3, -0.25) is 0 Å². The van der Waals surface area contributed by atoms with Gasteiger partial charge in [0, 0.05) is 12.5 Å². The predicted molar refractivity (Wildman–Crippen MR) is 51.6 cm³/mol. The Morgan fingerprint density at radius 1 is 1.31 bits per heavy atom. The van der Waals surface area contributed by atoms with E-state index in [9.17, 15) is 5.11 Å². The van der Waals surface area contributed by atoms with E-state index < -0.39 is 0 Å². The molecule has 2 nitrogen and oxygen atoms in total. The number of hydrogen-bond donors (Lipinski definition) is 1. The molecule has 13 heavy (non-hydrogen) atoms. The van der Waals surface area contributed by atoms with Crippen molar-refractivity contribution in [2.75, 3.05) is 6.61 Å². The van der Waals surface area contributed by atoms with Gasteiger partial charge >= 0.3 is 0 Å². The molecule has 0 aromatic rings. The van der Waals surface area contributed by atoms with Gasteiger partial charge in [-0.2, -0.15) is 0 Å². The van der Waals surface area contributed by atoms with Crippen molar-refractivity contribution < 1.29 is 9.84 Å². The van der Waals surface area contributed by atoms with Crippen LogP contribution in [0.1, 0.15) is 45.4 Å². The molecule has 0 aromatic heterocycles. The first-order valence-electron chi connectivity index (χ1n) is 5.55. The number of hydrogen-bond acceptors (Lipinski definition) is 2. The van der Waals surface area contributed by atoms with Crippen LogP contribution in [-0.4, -0.2) is 23.4 Å². The zero-order chi connectivity index (χ0) is 9.31. The highest BCUT2D eigenvalue weighted by Gasteiger charge is 2.45. The van der Waals surface area contributed by atoms with Crippen LogP contribution in [0.5, 0.6) is 0 Å². The highest BCUT2D eigenvalue weighted by molar-refractivity contribution is 4.96. The second-order valence-electron chi connectivity index (χ2n) is 4.66. The average molecular weight is 184 g/mol. The zero-order valence-corrected chi connectivity index (χ0v) is 8.46. The van der Waals surface area contributed by atoms with Crippen molar-refractivity contribution in [2.45, 2.75) is 57.2 Å². The first-order valence-corrected chi connectivity index (χ1v) is 5.55. The van der Waals surface area contributed by atoms with Gasteiger partial charge in [0.2, 0.25) is 0 Å². The molecule has 1 spiro atoms. The lowest BCUT2D eigenvalue weighted by Crippen LogP contribution is -2.44. The lowest BCUT2D eigenvalue weighted by molar-refractivity contribution is -0.148. The second-order valence-corrected chi connectivity index (χ2v) is 4.66. The Kier molecular flexibility index (Phi) is 2.61. The van der Waals surface area contributed by atoms with Crippen molar-refractivity contribution in [2.24, 2.45) is 5.92 Å². The van der Waals surface area contributed by atoms with E-state index in [2.05, 4.69) is 6.92 Å². The van der Waals surface area contributed by atoms with Gasteiger partial charge in [0.1, 0.15) is 0 Å². The molecule has 0 unspecified atom stereocenters. The van der Waals surface area contributed by atoms with E-state index in [1.54, 1.807) is 0 Å². The van der Waals surface area contributed by atoms with E-state index in [1.807, 2.05) is 0 Å². The van der Waals surface area contributed by atoms with E-state index in [1.165, 1.54) is 32.1 Å². The van der Waals surface area contributed by atoms with Crippen LogP contribution in [0.25, 0.3) is 0 Å². The molecule has 1 aliphatic heterocycles. The monoisotopic (exact) mass is 184 g/mol. The summed E-state index contributed by atoms with van der Waals surface area (Å²) in [6, 6.07) is 0. The summed E-state index contributed by atoms with van der Waals surface area (Å²) in [6.07, 6.45) is 7.60. The molecule has 1 N–H and O–H groups in total. The molecule has 1 saturated carbocycles. The molecule has 2 fully saturated rings. The van der Waals surface area contributed by atoms with Crippen molar-refractivity contribution in [1.29, 1.82) is 0 Å². The fourth-order valence-corrected chi connectivity index (χ4v) is 3.06. The highest BCUT2D eigenvalue weighted by atomic mass is 16.5. The standard InChI is InChI=1S/C11H20O2/c1-9-4-2-6-11(13-9)7-3-5-10(11)8-12/h9-10,12H,2-8H2,1H3/t9-,10+,11-/m0/s1. The van der Waals surface area contributed by atoms with Crippen LogP contribution >= 0.6 is 0 Å². The Balaban J connectivity index is 2.08. The number of rotatable bonds is 1. The topological polar surface area (TPSA) is 29.5 Å². The minimum Gasteiger partial charge on any atom is -0.396 e. The largest absolute Gasteiger partial charge is 0.396 e. The summed E-state index contributed by atoms with van der Waals surface area (Å²) in [5.74, 6) is 0.412. The molecule has 0 amide bonds. The Bertz CT molecular complexity index is 181. The van der Waals surface area contributed by atoms with Crippen LogP contribution in [0.3, 0.4) is 0 Å². The summed E-state index contributed by atoms with van der Waals surface area (Å²) in [7, 11) is 0. The third-order valence-electron chi connectivity index (χ3n) is 3.76. The van der Waals surface area contributed by atoms with E-state index in [-0.39, 0.29) is 5.60 Å². The Labute approximate surface area is 80.3 Å². The summed E-state index contributed by atoms with van der Waals surface area (Å²) in [4.78, 5) is 0. The smallest absolute Gasteiger partial charge is 0.0736 e. The van der Waals surface area contributed by atoms with Gasteiger partial charge in [0.05, 0.1) is 11.7 Å². The van der Waals surface area contributed by atoms with Crippen LogP contribution < -0.4 is 0 Å². The molecule has 2 rings (SSSR count). The van der Waals surface area contributed by atoms with Gasteiger partial charge in [0.15, 0.2) is 0 Å². The Morgan fingerprint density at radius 2 is 2.00 bits per heavy atom. The molecule has 1 saturated heterocycles. The Morgan fingerprint density at radius 3 is 2.62 bits per heavy atom. The zero-order valence-electron chi connectivity index (χ0n) is 8.46. The van der Waals surface area contributed by atoms with Crippen LogP contribution in [0.4, 0.5) is 0 Å². The maximum absolute atomic E-state index is 9.29. The van der Waals surface area contributed by atoms with Gasteiger partial charge in [-0.25, -0.2) is 0 Å². The summed E-state index contributed by atoms with van der Waals surface area (Å²) in [6.45, 7) is 2.47. The van der Waals surface area contributed by atoms with E-state index >= 15 is 0 Å². The fraction of sp³-hybridized carbons (Fsp3) is 1.00. The molecule has 2 aliphatic rings. The lowest BCUT2D eigenvalue weighted by atomic mass is 9.83. The molecular formula is C11H20O2. The van der Waals surface area contributed by atoms with E-state index in [0.29, 0.717) is 18.6 Å². The summed E-state index contributed by atoms with van der Waals surface area (Å²) >= 11 is 0. The first kappa shape index (κ1) is 9.47. The maximum Gasteiger partial charge on any atom is 0.0736 e. The highest BCUT2D eigenvalue weighted by Crippen LogP contribution is 2.45. The SMILES string of the molecule is C[C@H]1CCC[C@@]2(CCC[C@@H]2CO)O1. The average Bonchev–Trinajstić information content (AvgIpc) is 2.47. The second kappa shape index (κ2) is 3.58. The van der Waals surface area contributed by atoms with Crippen LogP contribution in [0.15, 0.2) is 0 Å². The van der Waals surface area contributed by atoms with Crippen molar-refractivity contribution in [1.82, 2.24) is 0 Å². The number of aliphatic hydroxyl groups is 1. The lowest BCUT2D eigenvalue weighted by Gasteiger charge is -2.41. The maximum atomic E-state index is 9.29. The summed E-state index contributed by atoms with van der Waals surface area (Å²) < 4.78 is 6.08. The van der Waals surface area contributed by atoms with E-state index in [0.717, 1.165) is 6.42 Å². The van der Waals surface area contributed by atoms with Crippen LogP contribution in [0, 0.1) is 5.92 Å². The first-order chi connectivity index (χ1) is 6.27. The number of ether oxygens (including phenoxy) is 1. The van der Waals surface area contributed by atoms with Crippen molar-refractivity contribution in [3.63, 3.8) is 0 Å². The van der Waals surface area contributed by atoms with Crippen molar-refractivity contribution in [3.05, 3.63) is 0 Å². The molecular weight excluding hydrogens is 164 g/mol. The van der Waals surface area contributed by atoms with Crippen LogP contribution in [-0.2, 0) is 4.74 Å². The normalized spacial score (nSPS) is 45.7. The molecule has 3 atom stereocenters. The molecule has 1 heterocycles. The summed E-state index contributed by atoms with van der Waals surface area (Å²) in [5, 5.41) is 9.29. The molecule has 2 heteroatoms. The van der Waals surface area contributed by atoms with E-state index in [4.69, 9.17) is 4.74 Å². The minimum atomic E-state index is 0.0619. The van der Waals surface area contributed by atoms with Gasteiger partial charge in [-0.05, 0) is 39.0 Å². The predicted octanol–water partition coefficient (Wildman–Crippen LogP) is 2.11. The van der Waals surface area contributed by atoms with Gasteiger partial charge in [0.25, 0.3) is 0 Å². The quantitative estimate of drug-likeness (QED) is 0.676. The fourth-order valence-electron chi connectivity index (χ4n) is 3.06. The van der Waals surface area contributed by atoms with Gasteiger partial charge < -0.3 is 9.84 Å². The van der Waals surface area contributed by atoms with Crippen molar-refractivity contribution >= 4 is 0 Å². The Hall–Kier alpha value is -0.0800. The summed E-state index contributed by atoms with van der Waals surface area (Å²) in [5.41, 5.74) is 0.0619.